The van der Waals surface area contributed by atoms with Crippen molar-refractivity contribution in [3.05, 3.63) is 35.4 Å². The van der Waals surface area contributed by atoms with Gasteiger partial charge in [0, 0.05) is 19.0 Å². The molecule has 1 atom stereocenters. The molecule has 1 aromatic rings. The van der Waals surface area contributed by atoms with Crippen LogP contribution >= 0.6 is 0 Å². The van der Waals surface area contributed by atoms with Gasteiger partial charge in [0.1, 0.15) is 0 Å². The zero-order valence-corrected chi connectivity index (χ0v) is 10.5. The average molecular weight is 248 g/mol. The van der Waals surface area contributed by atoms with E-state index in [0.717, 1.165) is 30.5 Å². The summed E-state index contributed by atoms with van der Waals surface area (Å²) in [6.45, 7) is 1.59. The van der Waals surface area contributed by atoms with Gasteiger partial charge in [-0.25, -0.2) is 0 Å². The van der Waals surface area contributed by atoms with E-state index < -0.39 is 0 Å². The molecule has 1 aromatic carbocycles. The molecule has 2 rings (SSSR count). The molecule has 0 bridgehead atoms. The maximum Gasteiger partial charge on any atom is 0.221 e. The van der Waals surface area contributed by atoms with E-state index in [4.69, 9.17) is 5.11 Å². The second kappa shape index (κ2) is 6.52. The predicted molar refractivity (Wildman–Crippen MR) is 69.9 cm³/mol. The summed E-state index contributed by atoms with van der Waals surface area (Å²) in [5.74, 6) is 0.0869. The van der Waals surface area contributed by atoms with Gasteiger partial charge in [-0.2, -0.15) is 0 Å². The summed E-state index contributed by atoms with van der Waals surface area (Å²) in [5, 5.41) is 15.3. The van der Waals surface area contributed by atoms with E-state index in [-0.39, 0.29) is 12.5 Å². The van der Waals surface area contributed by atoms with Gasteiger partial charge in [-0.3, -0.25) is 4.79 Å². The standard InChI is InChI=1S/C14H20N2O2/c17-10-12-4-1-3-11(7-12)9-16-14(18)8-13-5-2-6-15-13/h1,3-4,7,13,15,17H,2,5-6,8-10H2,(H,16,18). The number of carbonyl (C=O) groups excluding carboxylic acids is 1. The van der Waals surface area contributed by atoms with Crippen LogP contribution in [0.2, 0.25) is 0 Å². The number of nitrogens with one attached hydrogen (secondary N) is 2. The van der Waals surface area contributed by atoms with E-state index in [0.29, 0.717) is 19.0 Å². The zero-order valence-electron chi connectivity index (χ0n) is 10.5. The average Bonchev–Trinajstić information content (AvgIpc) is 2.89. The van der Waals surface area contributed by atoms with E-state index in [2.05, 4.69) is 10.6 Å². The number of hydrogen-bond acceptors (Lipinski definition) is 3. The number of benzene rings is 1. The molecule has 1 saturated heterocycles. The smallest absolute Gasteiger partial charge is 0.221 e. The summed E-state index contributed by atoms with van der Waals surface area (Å²) < 4.78 is 0. The monoisotopic (exact) mass is 248 g/mol. The molecule has 18 heavy (non-hydrogen) atoms. The summed E-state index contributed by atoms with van der Waals surface area (Å²) in [6, 6.07) is 7.97. The van der Waals surface area contributed by atoms with Crippen molar-refractivity contribution < 1.29 is 9.90 Å². The minimum Gasteiger partial charge on any atom is -0.392 e. The third-order valence-electron chi connectivity index (χ3n) is 3.26. The highest BCUT2D eigenvalue weighted by molar-refractivity contribution is 5.76. The van der Waals surface area contributed by atoms with Crippen molar-refractivity contribution in [1.29, 1.82) is 0 Å². The van der Waals surface area contributed by atoms with Gasteiger partial charge in [0.2, 0.25) is 5.91 Å². The number of aliphatic hydroxyl groups excluding tert-OH is 1. The molecule has 0 aromatic heterocycles. The molecule has 1 aliphatic heterocycles. The van der Waals surface area contributed by atoms with Crippen LogP contribution in [-0.4, -0.2) is 23.6 Å². The van der Waals surface area contributed by atoms with Crippen LogP contribution in [0.3, 0.4) is 0 Å². The molecule has 3 N–H and O–H groups in total. The molecular weight excluding hydrogens is 228 g/mol. The molecule has 1 unspecified atom stereocenters. The lowest BCUT2D eigenvalue weighted by Crippen LogP contribution is -2.31. The van der Waals surface area contributed by atoms with E-state index in [1.165, 1.54) is 0 Å². The molecule has 0 saturated carbocycles. The maximum absolute atomic E-state index is 11.7. The first kappa shape index (κ1) is 13.1. The Hall–Kier alpha value is -1.39. The Morgan fingerprint density at radius 2 is 2.28 bits per heavy atom. The molecule has 1 heterocycles. The van der Waals surface area contributed by atoms with Gasteiger partial charge in [0.05, 0.1) is 6.61 Å². The molecule has 0 aliphatic carbocycles. The predicted octanol–water partition coefficient (Wildman–Crippen LogP) is 0.937. The zero-order chi connectivity index (χ0) is 12.8. The molecule has 1 amide bonds. The summed E-state index contributed by atoms with van der Waals surface area (Å²) in [6.07, 6.45) is 2.81. The third kappa shape index (κ3) is 3.82. The van der Waals surface area contributed by atoms with E-state index in [1.807, 2.05) is 24.3 Å². The Labute approximate surface area is 107 Å². The van der Waals surface area contributed by atoms with Gasteiger partial charge in [-0.15, -0.1) is 0 Å². The highest BCUT2D eigenvalue weighted by atomic mass is 16.3. The fraction of sp³-hybridized carbons (Fsp3) is 0.500. The number of carbonyl (C=O) groups is 1. The van der Waals surface area contributed by atoms with Crippen LogP contribution < -0.4 is 10.6 Å². The number of aliphatic hydroxyl groups is 1. The number of amides is 1. The lowest BCUT2D eigenvalue weighted by molar-refractivity contribution is -0.121. The van der Waals surface area contributed by atoms with Crippen molar-refractivity contribution in [2.45, 2.75) is 38.5 Å². The van der Waals surface area contributed by atoms with Crippen LogP contribution in [0.1, 0.15) is 30.4 Å². The minimum atomic E-state index is 0.0355. The summed E-state index contributed by atoms with van der Waals surface area (Å²) >= 11 is 0. The Kier molecular flexibility index (Phi) is 4.73. The van der Waals surface area contributed by atoms with Crippen LogP contribution in [0.5, 0.6) is 0 Å². The molecule has 1 fully saturated rings. The van der Waals surface area contributed by atoms with Crippen molar-refractivity contribution in [2.75, 3.05) is 6.54 Å². The second-order valence-corrected chi connectivity index (χ2v) is 4.75. The maximum atomic E-state index is 11.7. The molecular formula is C14H20N2O2. The Morgan fingerprint density at radius 1 is 1.44 bits per heavy atom. The molecule has 4 heteroatoms. The second-order valence-electron chi connectivity index (χ2n) is 4.75. The highest BCUT2D eigenvalue weighted by Gasteiger charge is 2.17. The highest BCUT2D eigenvalue weighted by Crippen LogP contribution is 2.09. The number of rotatable bonds is 5. The normalized spacial score (nSPS) is 18.8. The quantitative estimate of drug-likeness (QED) is 0.726. The van der Waals surface area contributed by atoms with Crippen molar-refractivity contribution in [2.24, 2.45) is 0 Å². The SMILES string of the molecule is O=C(CC1CCCN1)NCc1cccc(CO)c1. The summed E-state index contributed by atoms with van der Waals surface area (Å²) in [5.41, 5.74) is 1.90. The first-order valence-corrected chi connectivity index (χ1v) is 6.46. The lowest BCUT2D eigenvalue weighted by Gasteiger charge is -2.10. The van der Waals surface area contributed by atoms with Gasteiger partial charge >= 0.3 is 0 Å². The van der Waals surface area contributed by atoms with Crippen molar-refractivity contribution in [1.82, 2.24) is 10.6 Å². The van der Waals surface area contributed by atoms with E-state index >= 15 is 0 Å². The Balaban J connectivity index is 1.77. The van der Waals surface area contributed by atoms with Crippen LogP contribution in [0.4, 0.5) is 0 Å². The van der Waals surface area contributed by atoms with Crippen LogP contribution in [0.15, 0.2) is 24.3 Å². The van der Waals surface area contributed by atoms with Gasteiger partial charge in [0.25, 0.3) is 0 Å². The van der Waals surface area contributed by atoms with Crippen molar-refractivity contribution in [3.63, 3.8) is 0 Å². The van der Waals surface area contributed by atoms with E-state index in [1.54, 1.807) is 0 Å². The Bertz CT molecular complexity index is 401. The van der Waals surface area contributed by atoms with Gasteiger partial charge in [-0.05, 0) is 30.5 Å². The van der Waals surface area contributed by atoms with Gasteiger partial charge < -0.3 is 15.7 Å². The van der Waals surface area contributed by atoms with Crippen LogP contribution in [-0.2, 0) is 17.9 Å². The van der Waals surface area contributed by atoms with Gasteiger partial charge in [0.15, 0.2) is 0 Å². The van der Waals surface area contributed by atoms with E-state index in [9.17, 15) is 4.79 Å². The first-order valence-electron chi connectivity index (χ1n) is 6.46. The molecule has 0 spiro atoms. The number of hydrogen-bond donors (Lipinski definition) is 3. The van der Waals surface area contributed by atoms with Crippen molar-refractivity contribution in [3.8, 4) is 0 Å². The Morgan fingerprint density at radius 3 is 3.00 bits per heavy atom. The summed E-state index contributed by atoms with van der Waals surface area (Å²) in [4.78, 5) is 11.7. The first-order chi connectivity index (χ1) is 8.78. The molecule has 4 nitrogen and oxygen atoms in total. The molecule has 98 valence electrons. The van der Waals surface area contributed by atoms with Crippen LogP contribution in [0.25, 0.3) is 0 Å². The minimum absolute atomic E-state index is 0.0355. The lowest BCUT2D eigenvalue weighted by atomic mass is 10.1. The summed E-state index contributed by atoms with van der Waals surface area (Å²) in [7, 11) is 0. The largest absolute Gasteiger partial charge is 0.392 e. The fourth-order valence-electron chi connectivity index (χ4n) is 2.27. The fourth-order valence-corrected chi connectivity index (χ4v) is 2.27. The van der Waals surface area contributed by atoms with Gasteiger partial charge in [-0.1, -0.05) is 24.3 Å². The topological polar surface area (TPSA) is 61.4 Å². The third-order valence-corrected chi connectivity index (χ3v) is 3.26. The van der Waals surface area contributed by atoms with Crippen LogP contribution in [0, 0.1) is 0 Å². The van der Waals surface area contributed by atoms with Crippen molar-refractivity contribution >= 4 is 5.91 Å². The molecule has 0 radical (unpaired) electrons. The molecule has 1 aliphatic rings.